The lowest BCUT2D eigenvalue weighted by atomic mass is 9.98. The first kappa shape index (κ1) is 41.6. The second kappa shape index (κ2) is 17.9. The third kappa shape index (κ3) is 8.71. The number of nitrogens with one attached hydrogen (secondary N) is 2. The van der Waals surface area contributed by atoms with Crippen molar-refractivity contribution in [3.8, 4) is 16.9 Å². The van der Waals surface area contributed by atoms with Gasteiger partial charge in [0.05, 0.1) is 28.4 Å². The van der Waals surface area contributed by atoms with Gasteiger partial charge in [-0.15, -0.1) is 0 Å². The van der Waals surface area contributed by atoms with E-state index in [0.717, 1.165) is 81.0 Å². The lowest BCUT2D eigenvalue weighted by Gasteiger charge is -2.39. The molecule has 2 atom stereocenters. The van der Waals surface area contributed by atoms with Crippen LogP contribution in [0.15, 0.2) is 55.0 Å². The quantitative estimate of drug-likeness (QED) is 0.0691. The number of halogens is 3. The topological polar surface area (TPSA) is 168 Å². The Morgan fingerprint density at radius 1 is 0.967 bits per heavy atom. The van der Waals surface area contributed by atoms with Crippen molar-refractivity contribution < 1.29 is 28.3 Å². The predicted molar refractivity (Wildman–Crippen MR) is 225 cm³/mol. The Kier molecular flexibility index (Phi) is 12.4. The Morgan fingerprint density at radius 3 is 2.50 bits per heavy atom. The van der Waals surface area contributed by atoms with Gasteiger partial charge in [0, 0.05) is 84.9 Å². The summed E-state index contributed by atoms with van der Waals surface area (Å²) in [6.07, 6.45) is 10.6. The zero-order valence-electron chi connectivity index (χ0n) is 33.3. The predicted octanol–water partition coefficient (Wildman–Crippen LogP) is 6.37. The van der Waals surface area contributed by atoms with E-state index >= 15 is 0 Å². The lowest BCUT2D eigenvalue weighted by molar-refractivity contribution is -0.136. The van der Waals surface area contributed by atoms with Crippen molar-refractivity contribution in [3.63, 3.8) is 0 Å². The van der Waals surface area contributed by atoms with Crippen molar-refractivity contribution in [1.82, 2.24) is 34.8 Å². The van der Waals surface area contributed by atoms with Crippen LogP contribution in [0.4, 0.5) is 15.9 Å². The molecule has 4 aliphatic rings. The van der Waals surface area contributed by atoms with Crippen molar-refractivity contribution in [1.29, 1.82) is 0 Å². The highest BCUT2D eigenvalue weighted by Gasteiger charge is 2.45. The molecule has 6 heterocycles. The Hall–Kier alpha value is -5.09. The van der Waals surface area contributed by atoms with Gasteiger partial charge >= 0.3 is 0 Å². The SMILES string of the molecule is C[C@@H](Oc1cc(-c2cnn(C3CCN(CCCCCN4CC(CNc5cccc6c5C(=O)N(C5CCC(=O)NC5=O)C6=O)C4)CC3)c2)cnc1N)c1c(Cl)ccc(F)c1Cl. The van der Waals surface area contributed by atoms with Crippen molar-refractivity contribution in [2.75, 3.05) is 56.9 Å². The number of aromatic nitrogens is 3. The van der Waals surface area contributed by atoms with Crippen LogP contribution in [0.1, 0.15) is 90.3 Å². The molecule has 4 aromatic rings. The molecule has 0 aliphatic carbocycles. The Morgan fingerprint density at radius 2 is 1.73 bits per heavy atom. The molecule has 0 spiro atoms. The summed E-state index contributed by atoms with van der Waals surface area (Å²) < 4.78 is 22.3. The van der Waals surface area contributed by atoms with Gasteiger partial charge in [0.1, 0.15) is 18.0 Å². The maximum Gasteiger partial charge on any atom is 0.264 e. The number of anilines is 2. The van der Waals surface area contributed by atoms with Gasteiger partial charge in [-0.05, 0) is 82.4 Å². The monoisotopic (exact) mass is 859 g/mol. The maximum absolute atomic E-state index is 14.1. The number of nitrogens with zero attached hydrogens (tertiary/aromatic N) is 6. The molecular weight excluding hydrogens is 812 g/mol. The smallest absolute Gasteiger partial charge is 0.264 e. The van der Waals surface area contributed by atoms with Crippen molar-refractivity contribution in [2.45, 2.75) is 70.1 Å². The average molecular weight is 861 g/mol. The number of amides is 4. The van der Waals surface area contributed by atoms with E-state index < -0.39 is 41.6 Å². The van der Waals surface area contributed by atoms with Crippen LogP contribution in [0.5, 0.6) is 5.75 Å². The van der Waals surface area contributed by atoms with Gasteiger partial charge in [-0.1, -0.05) is 35.7 Å². The first-order chi connectivity index (χ1) is 28.9. The van der Waals surface area contributed by atoms with E-state index in [4.69, 9.17) is 38.8 Å². The molecule has 3 fully saturated rings. The van der Waals surface area contributed by atoms with Gasteiger partial charge in [0.15, 0.2) is 11.6 Å². The van der Waals surface area contributed by atoms with Crippen molar-refractivity contribution in [3.05, 3.63) is 87.5 Å². The molecule has 2 aromatic heterocycles. The van der Waals surface area contributed by atoms with E-state index in [2.05, 4.69) is 25.4 Å². The van der Waals surface area contributed by atoms with Crippen LogP contribution in [0.3, 0.4) is 0 Å². The summed E-state index contributed by atoms with van der Waals surface area (Å²) in [7, 11) is 0. The van der Waals surface area contributed by atoms with Gasteiger partial charge in [-0.2, -0.15) is 5.10 Å². The van der Waals surface area contributed by atoms with E-state index in [9.17, 15) is 23.6 Å². The molecule has 14 nitrogen and oxygen atoms in total. The second-order valence-corrected chi connectivity index (χ2v) is 16.9. The Balaban J connectivity index is 0.726. The van der Waals surface area contributed by atoms with Crippen molar-refractivity contribution >= 4 is 58.3 Å². The molecule has 8 rings (SSSR count). The fourth-order valence-electron chi connectivity index (χ4n) is 8.72. The van der Waals surface area contributed by atoms with Gasteiger partial charge in [-0.3, -0.25) is 34.1 Å². The molecular formula is C43H48Cl2FN9O5. The third-order valence-corrected chi connectivity index (χ3v) is 12.8. The molecule has 0 radical (unpaired) electrons. The fraction of sp³-hybridized carbons (Fsp3) is 0.442. The van der Waals surface area contributed by atoms with E-state index in [0.29, 0.717) is 46.1 Å². The number of unbranched alkanes of at least 4 members (excludes halogenated alkanes) is 2. The summed E-state index contributed by atoms with van der Waals surface area (Å²) in [6.45, 7) is 8.54. The Labute approximate surface area is 357 Å². The first-order valence-electron chi connectivity index (χ1n) is 20.6. The number of nitrogen functional groups attached to an aromatic ring is 1. The van der Waals surface area contributed by atoms with Crippen LogP contribution >= 0.6 is 23.2 Å². The van der Waals surface area contributed by atoms with E-state index in [-0.39, 0.29) is 29.2 Å². The zero-order chi connectivity index (χ0) is 42.1. The number of carbonyl (C=O) groups is 4. The molecule has 2 aromatic carbocycles. The number of hydrogen-bond acceptors (Lipinski definition) is 11. The van der Waals surface area contributed by atoms with Crippen molar-refractivity contribution in [2.24, 2.45) is 5.92 Å². The van der Waals surface area contributed by atoms with E-state index in [1.165, 1.54) is 18.6 Å². The summed E-state index contributed by atoms with van der Waals surface area (Å²) in [5.41, 5.74) is 9.36. The van der Waals surface area contributed by atoms with E-state index in [1.807, 2.05) is 17.1 Å². The molecule has 4 N–H and O–H groups in total. The molecule has 17 heteroatoms. The number of pyridine rings is 1. The standard InChI is InChI=1S/C43H48Cl2FN9O5/c1-25(37-31(44)8-9-32(46)39(37)45)60-35-18-27(20-49-40(35)47)28-21-50-54(24-28)29-12-16-52(17-13-29)14-3-2-4-15-53-22-26(23-53)19-48-33-7-5-6-30-38(33)43(59)55(42(30)58)34-10-11-36(56)51-41(34)57/h5-9,18,20-21,24-26,29,34,48H,2-4,10-17,19,22-23H2,1H3,(H2,47,49)(H,51,56,57)/t25-,34?/m1/s1. The molecule has 3 saturated heterocycles. The highest BCUT2D eigenvalue weighted by molar-refractivity contribution is 6.36. The van der Waals surface area contributed by atoms with E-state index in [1.54, 1.807) is 37.4 Å². The first-order valence-corrected chi connectivity index (χ1v) is 21.3. The third-order valence-electron chi connectivity index (χ3n) is 12.1. The molecule has 0 saturated carbocycles. The van der Waals surface area contributed by atoms with Crippen LogP contribution in [0.25, 0.3) is 11.1 Å². The number of fused-ring (bicyclic) bond motifs is 1. The molecule has 1 unspecified atom stereocenters. The lowest BCUT2D eigenvalue weighted by Crippen LogP contribution is -2.54. The van der Waals surface area contributed by atoms with Crippen LogP contribution < -0.4 is 21.1 Å². The Bertz CT molecular complexity index is 2290. The molecule has 316 valence electrons. The number of likely N-dealkylation sites (tertiary alicyclic amines) is 2. The number of carbonyl (C=O) groups excluding carboxylic acids is 4. The molecule has 0 bridgehead atoms. The number of nitrogens with two attached hydrogens (primary N) is 1. The van der Waals surface area contributed by atoms with Crippen LogP contribution in [-0.4, -0.2) is 105 Å². The maximum atomic E-state index is 14.1. The highest BCUT2D eigenvalue weighted by atomic mass is 35.5. The van der Waals surface area contributed by atoms with Gasteiger partial charge < -0.3 is 25.6 Å². The minimum atomic E-state index is -0.981. The average Bonchev–Trinajstić information content (AvgIpc) is 3.81. The van der Waals surface area contributed by atoms with Gasteiger partial charge in [0.2, 0.25) is 11.8 Å². The number of ether oxygens (including phenoxy) is 1. The zero-order valence-corrected chi connectivity index (χ0v) is 34.9. The summed E-state index contributed by atoms with van der Waals surface area (Å²) in [5, 5.41) is 10.5. The number of hydrogen-bond donors (Lipinski definition) is 3. The summed E-state index contributed by atoms with van der Waals surface area (Å²) >= 11 is 12.5. The van der Waals surface area contributed by atoms with Crippen LogP contribution in [0.2, 0.25) is 10.0 Å². The highest BCUT2D eigenvalue weighted by Crippen LogP contribution is 2.38. The molecule has 60 heavy (non-hydrogen) atoms. The van der Waals surface area contributed by atoms with Crippen LogP contribution in [-0.2, 0) is 9.59 Å². The van der Waals surface area contributed by atoms with Gasteiger partial charge in [-0.25, -0.2) is 9.37 Å². The normalized spacial score (nSPS) is 19.7. The second-order valence-electron chi connectivity index (χ2n) is 16.1. The largest absolute Gasteiger partial charge is 0.482 e. The summed E-state index contributed by atoms with van der Waals surface area (Å²) in [5.74, 6) is -1.61. The summed E-state index contributed by atoms with van der Waals surface area (Å²) in [4.78, 5) is 60.9. The van der Waals surface area contributed by atoms with Gasteiger partial charge in [0.25, 0.3) is 11.8 Å². The molecule has 4 amide bonds. The number of benzene rings is 2. The van der Waals surface area contributed by atoms with Crippen LogP contribution in [0, 0.1) is 11.7 Å². The molecule has 4 aliphatic heterocycles. The minimum Gasteiger partial charge on any atom is -0.482 e. The fourth-order valence-corrected chi connectivity index (χ4v) is 9.40. The minimum absolute atomic E-state index is 0.0882. The summed E-state index contributed by atoms with van der Waals surface area (Å²) in [6, 6.07) is 8.94. The number of imide groups is 2. The number of piperidine rings is 2. The number of rotatable bonds is 15.